The van der Waals surface area contributed by atoms with E-state index in [1.165, 1.54) is 0 Å². The van der Waals surface area contributed by atoms with Crippen molar-refractivity contribution in [2.75, 3.05) is 11.2 Å². The van der Waals surface area contributed by atoms with Gasteiger partial charge < -0.3 is 5.32 Å². The molecule has 0 aromatic carbocycles. The third-order valence-electron chi connectivity index (χ3n) is 2.56. The van der Waals surface area contributed by atoms with Gasteiger partial charge in [-0.2, -0.15) is 5.10 Å². The van der Waals surface area contributed by atoms with Crippen LogP contribution < -0.4 is 5.32 Å². The molecule has 2 aromatic rings. The van der Waals surface area contributed by atoms with Crippen LogP contribution in [0.4, 0.5) is 5.82 Å². The third kappa shape index (κ3) is 2.27. The van der Waals surface area contributed by atoms with Gasteiger partial charge in [-0.1, -0.05) is 13.8 Å². The van der Waals surface area contributed by atoms with E-state index in [2.05, 4.69) is 29.2 Å². The Morgan fingerprint density at radius 2 is 2.25 bits per heavy atom. The number of alkyl halides is 1. The molecule has 1 N–H and O–H groups in total. The van der Waals surface area contributed by atoms with Crippen molar-refractivity contribution in [1.29, 1.82) is 0 Å². The van der Waals surface area contributed by atoms with Crippen LogP contribution >= 0.6 is 11.6 Å². The van der Waals surface area contributed by atoms with Crippen LogP contribution in [0.25, 0.3) is 5.65 Å². The van der Waals surface area contributed by atoms with Crippen LogP contribution in [0, 0.1) is 5.92 Å². The quantitative estimate of drug-likeness (QED) is 0.832. The number of hydrogen-bond donors (Lipinski definition) is 1. The van der Waals surface area contributed by atoms with Gasteiger partial charge in [0.05, 0.1) is 6.20 Å². The Labute approximate surface area is 99.6 Å². The monoisotopic (exact) mass is 238 g/mol. The molecule has 1 unspecified atom stereocenters. The zero-order valence-corrected chi connectivity index (χ0v) is 10.1. The van der Waals surface area contributed by atoms with Crippen LogP contribution in [0.2, 0.25) is 0 Å². The Balaban J connectivity index is 2.19. The van der Waals surface area contributed by atoms with Crippen molar-refractivity contribution in [3.05, 3.63) is 24.5 Å². The summed E-state index contributed by atoms with van der Waals surface area (Å²) < 4.78 is 1.73. The average Bonchev–Trinajstić information content (AvgIpc) is 2.72. The second kappa shape index (κ2) is 4.70. The minimum atomic E-state index is 0.236. The molecule has 1 atom stereocenters. The van der Waals surface area contributed by atoms with Crippen molar-refractivity contribution < 1.29 is 0 Å². The molecule has 0 saturated heterocycles. The fourth-order valence-corrected chi connectivity index (χ4v) is 1.90. The number of rotatable bonds is 4. The number of nitrogens with zero attached hydrogens (tertiary/aromatic N) is 3. The highest BCUT2D eigenvalue weighted by atomic mass is 35.5. The molecule has 0 saturated carbocycles. The molecule has 0 aliphatic heterocycles. The topological polar surface area (TPSA) is 42.2 Å². The van der Waals surface area contributed by atoms with Crippen molar-refractivity contribution in [1.82, 2.24) is 14.6 Å². The fourth-order valence-electron chi connectivity index (χ4n) is 1.47. The number of anilines is 1. The first-order valence-corrected chi connectivity index (χ1v) is 5.87. The van der Waals surface area contributed by atoms with Crippen molar-refractivity contribution in [3.63, 3.8) is 0 Å². The van der Waals surface area contributed by atoms with Gasteiger partial charge in [0.1, 0.15) is 5.82 Å². The maximum absolute atomic E-state index is 5.90. The minimum Gasteiger partial charge on any atom is -0.366 e. The van der Waals surface area contributed by atoms with E-state index in [-0.39, 0.29) is 6.04 Å². The van der Waals surface area contributed by atoms with Crippen molar-refractivity contribution in [2.24, 2.45) is 5.92 Å². The summed E-state index contributed by atoms with van der Waals surface area (Å²) in [5, 5.41) is 7.42. The summed E-state index contributed by atoms with van der Waals surface area (Å²) >= 11 is 5.90. The Morgan fingerprint density at radius 1 is 1.44 bits per heavy atom. The summed E-state index contributed by atoms with van der Waals surface area (Å²) in [5.41, 5.74) is 0.835. The number of aromatic nitrogens is 3. The Morgan fingerprint density at radius 3 is 2.94 bits per heavy atom. The molecule has 0 aliphatic rings. The summed E-state index contributed by atoms with van der Waals surface area (Å²) in [4.78, 5) is 4.44. The molecule has 86 valence electrons. The molecule has 0 amide bonds. The maximum Gasteiger partial charge on any atom is 0.157 e. The molecule has 0 bridgehead atoms. The summed E-state index contributed by atoms with van der Waals surface area (Å²) in [6, 6.07) is 4.01. The van der Waals surface area contributed by atoms with E-state index in [1.807, 2.05) is 18.3 Å². The van der Waals surface area contributed by atoms with E-state index in [1.54, 1.807) is 10.7 Å². The zero-order chi connectivity index (χ0) is 11.5. The van der Waals surface area contributed by atoms with Crippen LogP contribution in [-0.2, 0) is 0 Å². The molecule has 0 aliphatic carbocycles. The molecule has 4 nitrogen and oxygen atoms in total. The van der Waals surface area contributed by atoms with E-state index in [4.69, 9.17) is 11.6 Å². The third-order valence-corrected chi connectivity index (χ3v) is 2.89. The number of nitrogens with one attached hydrogen (secondary N) is 1. The molecule has 16 heavy (non-hydrogen) atoms. The second-order valence-corrected chi connectivity index (χ2v) is 4.40. The fraction of sp³-hybridized carbons (Fsp3) is 0.455. The normalized spacial score (nSPS) is 13.2. The number of hydrogen-bond acceptors (Lipinski definition) is 3. The molecule has 2 aromatic heterocycles. The van der Waals surface area contributed by atoms with Crippen molar-refractivity contribution in [3.8, 4) is 0 Å². The Bertz CT molecular complexity index is 466. The molecular weight excluding hydrogens is 224 g/mol. The molecule has 5 heteroatoms. The summed E-state index contributed by atoms with van der Waals surface area (Å²) in [7, 11) is 0. The standard InChI is InChI=1S/C11H15ClN4/c1-8(2)9(7-12)14-10-4-6-16-11(15-10)3-5-13-16/h3-6,8-9H,7H2,1-2H3,(H,14,15). The predicted molar refractivity (Wildman–Crippen MR) is 66.0 cm³/mol. The summed E-state index contributed by atoms with van der Waals surface area (Å²) in [6.07, 6.45) is 3.61. The number of halogens is 1. The van der Waals surface area contributed by atoms with Crippen LogP contribution in [0.3, 0.4) is 0 Å². The highest BCUT2D eigenvalue weighted by molar-refractivity contribution is 6.18. The summed E-state index contributed by atoms with van der Waals surface area (Å²) in [6.45, 7) is 4.27. The van der Waals surface area contributed by atoms with Gasteiger partial charge in [0, 0.05) is 24.2 Å². The van der Waals surface area contributed by atoms with E-state index in [9.17, 15) is 0 Å². The predicted octanol–water partition coefficient (Wildman–Crippen LogP) is 2.40. The van der Waals surface area contributed by atoms with Gasteiger partial charge in [-0.3, -0.25) is 0 Å². The van der Waals surface area contributed by atoms with Gasteiger partial charge in [-0.15, -0.1) is 11.6 Å². The minimum absolute atomic E-state index is 0.236. The average molecular weight is 239 g/mol. The molecular formula is C11H15ClN4. The van der Waals surface area contributed by atoms with E-state index in [0.29, 0.717) is 11.8 Å². The maximum atomic E-state index is 5.90. The molecule has 0 fully saturated rings. The Hall–Kier alpha value is -1.29. The summed E-state index contributed by atoms with van der Waals surface area (Å²) in [5.74, 6) is 1.89. The van der Waals surface area contributed by atoms with Gasteiger partial charge in [0.2, 0.25) is 0 Å². The largest absolute Gasteiger partial charge is 0.366 e. The van der Waals surface area contributed by atoms with Crippen LogP contribution in [0.5, 0.6) is 0 Å². The first kappa shape index (κ1) is 11.2. The van der Waals surface area contributed by atoms with Gasteiger partial charge in [0.25, 0.3) is 0 Å². The zero-order valence-electron chi connectivity index (χ0n) is 9.39. The lowest BCUT2D eigenvalue weighted by molar-refractivity contribution is 0.562. The lowest BCUT2D eigenvalue weighted by atomic mass is 10.1. The lowest BCUT2D eigenvalue weighted by Gasteiger charge is -2.20. The molecule has 2 rings (SSSR count). The molecule has 0 radical (unpaired) electrons. The van der Waals surface area contributed by atoms with Crippen molar-refractivity contribution in [2.45, 2.75) is 19.9 Å². The van der Waals surface area contributed by atoms with Gasteiger partial charge in [-0.25, -0.2) is 9.50 Å². The lowest BCUT2D eigenvalue weighted by Crippen LogP contribution is -2.27. The first-order chi connectivity index (χ1) is 7.70. The van der Waals surface area contributed by atoms with E-state index >= 15 is 0 Å². The smallest absolute Gasteiger partial charge is 0.157 e. The molecule has 2 heterocycles. The molecule has 0 spiro atoms. The van der Waals surface area contributed by atoms with E-state index in [0.717, 1.165) is 11.5 Å². The first-order valence-electron chi connectivity index (χ1n) is 5.33. The highest BCUT2D eigenvalue weighted by Crippen LogP contribution is 2.12. The van der Waals surface area contributed by atoms with Crippen LogP contribution in [0.1, 0.15) is 13.8 Å². The van der Waals surface area contributed by atoms with E-state index < -0.39 is 0 Å². The van der Waals surface area contributed by atoms with Crippen molar-refractivity contribution >= 4 is 23.1 Å². The van der Waals surface area contributed by atoms with Crippen LogP contribution in [-0.4, -0.2) is 26.5 Å². The Kier molecular flexibility index (Phi) is 3.29. The number of fused-ring (bicyclic) bond motifs is 1. The van der Waals surface area contributed by atoms with Gasteiger partial charge in [0.15, 0.2) is 5.65 Å². The second-order valence-electron chi connectivity index (χ2n) is 4.10. The highest BCUT2D eigenvalue weighted by Gasteiger charge is 2.12. The van der Waals surface area contributed by atoms with Gasteiger partial charge >= 0.3 is 0 Å². The van der Waals surface area contributed by atoms with Gasteiger partial charge in [-0.05, 0) is 12.0 Å². The van der Waals surface area contributed by atoms with Crippen LogP contribution in [0.15, 0.2) is 24.5 Å². The SMILES string of the molecule is CC(C)C(CCl)Nc1ccn2nccc2n1.